The minimum absolute atomic E-state index is 0.150. The van der Waals surface area contributed by atoms with Crippen molar-refractivity contribution in [2.75, 3.05) is 26.2 Å². The zero-order valence-electron chi connectivity index (χ0n) is 12.2. The Bertz CT molecular complexity index is 422. The number of amides is 1. The fraction of sp³-hybridized carbons (Fsp3) is 0.562. The van der Waals surface area contributed by atoms with Crippen molar-refractivity contribution in [3.05, 3.63) is 35.9 Å². The minimum Gasteiger partial charge on any atom is -0.395 e. The molecule has 1 N–H and O–H groups in total. The molecule has 4 nitrogen and oxygen atoms in total. The van der Waals surface area contributed by atoms with Crippen molar-refractivity contribution in [2.45, 2.75) is 32.4 Å². The van der Waals surface area contributed by atoms with Crippen LogP contribution in [-0.4, -0.2) is 53.1 Å². The molecule has 1 atom stereocenters. The average molecular weight is 276 g/mol. The van der Waals surface area contributed by atoms with Crippen LogP contribution in [0.5, 0.6) is 0 Å². The summed E-state index contributed by atoms with van der Waals surface area (Å²) in [4.78, 5) is 16.4. The molecule has 1 fully saturated rings. The third-order valence-corrected chi connectivity index (χ3v) is 4.00. The highest BCUT2D eigenvalue weighted by atomic mass is 16.3. The van der Waals surface area contributed by atoms with E-state index in [4.69, 9.17) is 0 Å². The van der Waals surface area contributed by atoms with E-state index in [-0.39, 0.29) is 18.6 Å². The van der Waals surface area contributed by atoms with Gasteiger partial charge >= 0.3 is 0 Å². The topological polar surface area (TPSA) is 43.8 Å². The Morgan fingerprint density at radius 2 is 2.15 bits per heavy atom. The fourth-order valence-corrected chi connectivity index (χ4v) is 2.76. The Morgan fingerprint density at radius 3 is 2.80 bits per heavy atom. The highest BCUT2D eigenvalue weighted by Gasteiger charge is 2.26. The van der Waals surface area contributed by atoms with E-state index in [1.54, 1.807) is 0 Å². The first kappa shape index (κ1) is 15.0. The van der Waals surface area contributed by atoms with E-state index < -0.39 is 0 Å². The van der Waals surface area contributed by atoms with Crippen LogP contribution >= 0.6 is 0 Å². The Labute approximate surface area is 121 Å². The number of nitrogens with zero attached hydrogens (tertiary/aromatic N) is 2. The van der Waals surface area contributed by atoms with Gasteiger partial charge in [0.15, 0.2) is 0 Å². The van der Waals surface area contributed by atoms with Gasteiger partial charge in [-0.1, -0.05) is 30.3 Å². The summed E-state index contributed by atoms with van der Waals surface area (Å²) < 4.78 is 0. The molecule has 2 rings (SSSR count). The summed E-state index contributed by atoms with van der Waals surface area (Å²) in [5.41, 5.74) is 1.16. The van der Waals surface area contributed by atoms with Crippen LogP contribution < -0.4 is 0 Å². The quantitative estimate of drug-likeness (QED) is 0.856. The van der Waals surface area contributed by atoms with Gasteiger partial charge in [0.25, 0.3) is 0 Å². The predicted octanol–water partition coefficient (Wildman–Crippen LogP) is 1.49. The molecule has 110 valence electrons. The summed E-state index contributed by atoms with van der Waals surface area (Å²) in [5.74, 6) is 0.150. The maximum Gasteiger partial charge on any atom is 0.237 e. The molecule has 1 unspecified atom stereocenters. The number of carbonyl (C=O) groups is 1. The number of carbonyl (C=O) groups excluding carboxylic acids is 1. The second-order valence-corrected chi connectivity index (χ2v) is 5.34. The molecule has 1 aliphatic heterocycles. The molecule has 1 aliphatic rings. The van der Waals surface area contributed by atoms with Crippen molar-refractivity contribution in [2.24, 2.45) is 0 Å². The van der Waals surface area contributed by atoms with Crippen LogP contribution in [0.2, 0.25) is 0 Å². The first-order valence-corrected chi connectivity index (χ1v) is 7.41. The number of benzene rings is 1. The van der Waals surface area contributed by atoms with Crippen LogP contribution in [0.3, 0.4) is 0 Å². The first-order chi connectivity index (χ1) is 9.74. The van der Waals surface area contributed by atoms with Crippen molar-refractivity contribution < 1.29 is 9.90 Å². The normalized spacial score (nSPS) is 19.2. The van der Waals surface area contributed by atoms with E-state index in [1.807, 2.05) is 42.2 Å². The molecule has 0 spiro atoms. The first-order valence-electron chi connectivity index (χ1n) is 7.41. The molecule has 0 aromatic heterocycles. The van der Waals surface area contributed by atoms with Crippen LogP contribution in [-0.2, 0) is 11.3 Å². The minimum atomic E-state index is 0.150. The van der Waals surface area contributed by atoms with Gasteiger partial charge < -0.3 is 10.0 Å². The molecule has 0 bridgehead atoms. The summed E-state index contributed by atoms with van der Waals surface area (Å²) in [6.07, 6.45) is 2.07. The van der Waals surface area contributed by atoms with Gasteiger partial charge in [-0.3, -0.25) is 9.69 Å². The Balaban J connectivity index is 1.92. The summed E-state index contributed by atoms with van der Waals surface area (Å²) in [6.45, 7) is 4.87. The van der Waals surface area contributed by atoms with Crippen molar-refractivity contribution in [1.82, 2.24) is 9.80 Å². The van der Waals surface area contributed by atoms with Crippen LogP contribution in [0.1, 0.15) is 25.3 Å². The van der Waals surface area contributed by atoms with Crippen molar-refractivity contribution >= 4 is 5.91 Å². The molecule has 20 heavy (non-hydrogen) atoms. The van der Waals surface area contributed by atoms with E-state index in [1.165, 1.54) is 0 Å². The maximum atomic E-state index is 12.4. The molecule has 4 heteroatoms. The van der Waals surface area contributed by atoms with Crippen molar-refractivity contribution in [3.8, 4) is 0 Å². The number of aliphatic hydroxyl groups excluding tert-OH is 1. The summed E-state index contributed by atoms with van der Waals surface area (Å²) in [7, 11) is 0. The lowest BCUT2D eigenvalue weighted by Crippen LogP contribution is -2.42. The smallest absolute Gasteiger partial charge is 0.237 e. The summed E-state index contributed by atoms with van der Waals surface area (Å²) in [5, 5.41) is 9.31. The van der Waals surface area contributed by atoms with Gasteiger partial charge in [0.1, 0.15) is 0 Å². The molecular formula is C16H24N2O2. The van der Waals surface area contributed by atoms with Gasteiger partial charge in [-0.05, 0) is 31.9 Å². The van der Waals surface area contributed by atoms with Crippen LogP contribution in [0.25, 0.3) is 0 Å². The predicted molar refractivity (Wildman–Crippen MR) is 79.2 cm³/mol. The molecular weight excluding hydrogens is 252 g/mol. The number of likely N-dealkylation sites (tertiary alicyclic amines) is 1. The molecule has 1 aromatic rings. The Morgan fingerprint density at radius 1 is 1.40 bits per heavy atom. The third kappa shape index (κ3) is 3.81. The van der Waals surface area contributed by atoms with E-state index in [0.717, 1.165) is 24.9 Å². The second-order valence-electron chi connectivity index (χ2n) is 5.34. The highest BCUT2D eigenvalue weighted by Crippen LogP contribution is 2.16. The lowest BCUT2D eigenvalue weighted by Gasteiger charge is -2.27. The van der Waals surface area contributed by atoms with Crippen LogP contribution in [0.15, 0.2) is 30.3 Å². The van der Waals surface area contributed by atoms with Crippen molar-refractivity contribution in [1.29, 1.82) is 0 Å². The van der Waals surface area contributed by atoms with Gasteiger partial charge in [-0.2, -0.15) is 0 Å². The maximum absolute atomic E-state index is 12.4. The van der Waals surface area contributed by atoms with E-state index in [2.05, 4.69) is 4.90 Å². The molecule has 0 saturated carbocycles. The average Bonchev–Trinajstić information content (AvgIpc) is 2.92. The Kier molecular flexibility index (Phi) is 5.56. The molecule has 0 radical (unpaired) electrons. The van der Waals surface area contributed by atoms with Crippen molar-refractivity contribution in [3.63, 3.8) is 0 Å². The van der Waals surface area contributed by atoms with E-state index in [0.29, 0.717) is 19.6 Å². The van der Waals surface area contributed by atoms with Gasteiger partial charge in [0.05, 0.1) is 13.2 Å². The van der Waals surface area contributed by atoms with Crippen LogP contribution in [0.4, 0.5) is 0 Å². The fourth-order valence-electron chi connectivity index (χ4n) is 2.76. The number of rotatable bonds is 6. The largest absolute Gasteiger partial charge is 0.395 e. The van der Waals surface area contributed by atoms with Gasteiger partial charge in [0, 0.05) is 19.1 Å². The molecule has 1 heterocycles. The van der Waals surface area contributed by atoms with E-state index in [9.17, 15) is 9.90 Å². The number of likely N-dealkylation sites (N-methyl/N-ethyl adjacent to an activating group) is 1. The monoisotopic (exact) mass is 276 g/mol. The summed E-state index contributed by atoms with van der Waals surface area (Å²) >= 11 is 0. The van der Waals surface area contributed by atoms with Gasteiger partial charge in [-0.15, -0.1) is 0 Å². The van der Waals surface area contributed by atoms with Crippen LogP contribution in [0, 0.1) is 0 Å². The molecule has 1 saturated heterocycles. The SMILES string of the molecule is CCN(Cc1ccccc1)C(=O)CN1CCCC1CO. The molecule has 1 aromatic carbocycles. The number of aliphatic hydroxyl groups is 1. The summed E-state index contributed by atoms with van der Waals surface area (Å²) in [6, 6.07) is 10.2. The third-order valence-electron chi connectivity index (χ3n) is 4.00. The number of hydrogen-bond donors (Lipinski definition) is 1. The lowest BCUT2D eigenvalue weighted by molar-refractivity contribution is -0.133. The number of hydrogen-bond acceptors (Lipinski definition) is 3. The second kappa shape index (κ2) is 7.41. The van der Waals surface area contributed by atoms with Gasteiger partial charge in [0.2, 0.25) is 5.91 Å². The standard InChI is InChI=1S/C16H24N2O2/c1-2-17(11-14-7-4-3-5-8-14)16(20)12-18-10-6-9-15(18)13-19/h3-5,7-8,15,19H,2,6,9-13H2,1H3. The lowest BCUT2D eigenvalue weighted by atomic mass is 10.2. The zero-order valence-corrected chi connectivity index (χ0v) is 12.2. The molecule has 0 aliphatic carbocycles. The van der Waals surface area contributed by atoms with E-state index >= 15 is 0 Å². The van der Waals surface area contributed by atoms with Gasteiger partial charge in [-0.25, -0.2) is 0 Å². The highest BCUT2D eigenvalue weighted by molar-refractivity contribution is 5.78. The molecule has 1 amide bonds. The zero-order chi connectivity index (χ0) is 14.4. The Hall–Kier alpha value is -1.39.